The van der Waals surface area contributed by atoms with Crippen molar-refractivity contribution < 1.29 is 14.6 Å². The fourth-order valence-corrected chi connectivity index (χ4v) is 1.89. The average molecular weight is 559 g/mol. The van der Waals surface area contributed by atoms with Crippen LogP contribution in [0.5, 0.6) is 0 Å². The van der Waals surface area contributed by atoms with E-state index in [2.05, 4.69) is 37.2 Å². The monoisotopic (exact) mass is 558 g/mol. The van der Waals surface area contributed by atoms with Crippen LogP contribution in [0.3, 0.4) is 0 Å². The Morgan fingerprint density at radius 2 is 1.48 bits per heavy atom. The van der Waals surface area contributed by atoms with Gasteiger partial charge in [0.15, 0.2) is 5.60 Å². The second-order valence-electron chi connectivity index (χ2n) is 5.31. The van der Waals surface area contributed by atoms with Gasteiger partial charge in [0, 0.05) is 42.3 Å². The van der Waals surface area contributed by atoms with Gasteiger partial charge < -0.3 is 9.84 Å². The molecule has 0 radical (unpaired) electrons. The van der Waals surface area contributed by atoms with Crippen molar-refractivity contribution in [3.8, 4) is 11.1 Å². The van der Waals surface area contributed by atoms with Gasteiger partial charge in [0.25, 0.3) is 0 Å². The van der Waals surface area contributed by atoms with Crippen LogP contribution < -0.4 is 0 Å². The first-order valence-corrected chi connectivity index (χ1v) is 13.4. The van der Waals surface area contributed by atoms with Gasteiger partial charge in [-0.05, 0) is 42.7 Å². The van der Waals surface area contributed by atoms with Crippen LogP contribution in [0.4, 0.5) is 0 Å². The van der Waals surface area contributed by atoms with E-state index in [4.69, 9.17) is 21.4 Å². The highest BCUT2D eigenvalue weighted by molar-refractivity contribution is 15.0. The van der Waals surface area contributed by atoms with Gasteiger partial charge in [-0.3, -0.25) is 0 Å². The summed E-state index contributed by atoms with van der Waals surface area (Å²) in [4.78, 5) is 11.0. The zero-order valence-corrected chi connectivity index (χ0v) is 17.8. The minimum absolute atomic E-state index is 0.264. The van der Waals surface area contributed by atoms with E-state index >= 15 is 0 Å². The Morgan fingerprint density at radius 3 is 1.91 bits per heavy atom. The highest BCUT2D eigenvalue weighted by Crippen LogP contribution is 2.22. The van der Waals surface area contributed by atoms with E-state index in [1.54, 1.807) is 0 Å². The summed E-state index contributed by atoms with van der Waals surface area (Å²) in [6.07, 6.45) is 0. The van der Waals surface area contributed by atoms with Gasteiger partial charge in [0.2, 0.25) is 0 Å². The highest BCUT2D eigenvalue weighted by Gasteiger charge is 2.27. The Morgan fingerprint density at radius 1 is 1.04 bits per heavy atom. The fourth-order valence-electron chi connectivity index (χ4n) is 1.76. The Kier molecular flexibility index (Phi) is 8.81. The molecule has 1 N–H and O–H groups in total. The van der Waals surface area contributed by atoms with Gasteiger partial charge in [-0.2, -0.15) is 0 Å². The highest BCUT2D eigenvalue weighted by atomic mass is 128. The molecule has 2 rings (SSSR count). The van der Waals surface area contributed by atoms with Crippen molar-refractivity contribution in [2.45, 2.75) is 26.1 Å². The van der Waals surface area contributed by atoms with Gasteiger partial charge in [0.1, 0.15) is 0 Å². The number of rotatable bonds is 5. The summed E-state index contributed by atoms with van der Waals surface area (Å²) >= 11 is 10.1. The number of halogens is 3. The van der Waals surface area contributed by atoms with Crippen LogP contribution >= 0.6 is 48.8 Å². The van der Waals surface area contributed by atoms with Crippen LogP contribution in [0.15, 0.2) is 48.5 Å². The van der Waals surface area contributed by atoms with Crippen molar-refractivity contribution in [2.75, 3.05) is 0 Å². The first-order chi connectivity index (χ1) is 10.9. The largest absolute Gasteiger partial charge is 0.479 e. The van der Waals surface area contributed by atoms with Crippen LogP contribution in [0.2, 0.25) is 5.02 Å². The Bertz CT molecular complexity index is 625. The zero-order chi connectivity index (χ0) is 17.5. The lowest BCUT2D eigenvalue weighted by atomic mass is 10.0. The van der Waals surface area contributed by atoms with E-state index in [-0.39, 0.29) is 6.61 Å². The first-order valence-electron chi connectivity index (χ1n) is 6.75. The predicted octanol–water partition coefficient (Wildman–Crippen LogP) is 6.16. The molecule has 0 fully saturated rings. The lowest BCUT2D eigenvalue weighted by Gasteiger charge is -2.20. The third-order valence-electron chi connectivity index (χ3n) is 3.25. The van der Waals surface area contributed by atoms with Crippen LogP contribution in [0.25, 0.3) is 11.1 Å². The summed E-state index contributed by atoms with van der Waals surface area (Å²) in [5.41, 5.74) is 1.90. The predicted molar refractivity (Wildman–Crippen MR) is 111 cm³/mol. The standard InChI is InChI=1S/C17H17ClO3.I2/c1-17(2,16(19)20)21-11-12-3-5-13(6-4-12)14-7-9-15(18)10-8-14;1-2/h3-10H,11H2,1-2H3,(H,19,20);. The lowest BCUT2D eigenvalue weighted by Crippen LogP contribution is -2.34. The summed E-state index contributed by atoms with van der Waals surface area (Å²) in [5.74, 6) is -0.972. The maximum Gasteiger partial charge on any atom is 0.335 e. The molecule has 3 nitrogen and oxygen atoms in total. The van der Waals surface area contributed by atoms with Crippen molar-refractivity contribution in [1.82, 2.24) is 0 Å². The van der Waals surface area contributed by atoms with Crippen molar-refractivity contribution in [3.63, 3.8) is 0 Å². The zero-order valence-electron chi connectivity index (χ0n) is 12.7. The second-order valence-corrected chi connectivity index (χ2v) is 5.74. The van der Waals surface area contributed by atoms with Gasteiger partial charge >= 0.3 is 5.97 Å². The van der Waals surface area contributed by atoms with Crippen molar-refractivity contribution in [3.05, 3.63) is 59.1 Å². The molecule has 0 aliphatic heterocycles. The Labute approximate surface area is 164 Å². The van der Waals surface area contributed by atoms with Crippen LogP contribution in [0, 0.1) is 0 Å². The maximum absolute atomic E-state index is 11.0. The van der Waals surface area contributed by atoms with E-state index in [1.165, 1.54) is 13.8 Å². The normalized spacial score (nSPS) is 10.7. The van der Waals surface area contributed by atoms with Crippen LogP contribution in [0.1, 0.15) is 19.4 Å². The molecule has 0 spiro atoms. The topological polar surface area (TPSA) is 46.5 Å². The number of benzene rings is 2. The van der Waals surface area contributed by atoms with E-state index in [0.29, 0.717) is 5.02 Å². The van der Waals surface area contributed by atoms with Crippen molar-refractivity contribution >= 4 is 54.8 Å². The minimum atomic E-state index is -1.19. The smallest absolute Gasteiger partial charge is 0.335 e. The molecule has 0 atom stereocenters. The summed E-state index contributed by atoms with van der Waals surface area (Å²) in [5, 5.41) is 9.71. The number of ether oxygens (including phenoxy) is 1. The molecule has 0 bridgehead atoms. The molecule has 0 heterocycles. The third-order valence-corrected chi connectivity index (χ3v) is 3.50. The Hall–Kier alpha value is -0.380. The van der Waals surface area contributed by atoms with Gasteiger partial charge in [0.05, 0.1) is 6.61 Å². The van der Waals surface area contributed by atoms with Crippen molar-refractivity contribution in [2.24, 2.45) is 0 Å². The molecule has 2 aromatic rings. The lowest BCUT2D eigenvalue weighted by molar-refractivity contribution is -0.162. The molecule has 0 aliphatic rings. The number of hydrogen-bond donors (Lipinski definition) is 1. The molecular weight excluding hydrogens is 541 g/mol. The molecule has 0 aliphatic carbocycles. The molecule has 2 aromatic carbocycles. The van der Waals surface area contributed by atoms with E-state index in [1.807, 2.05) is 48.5 Å². The molecule has 0 amide bonds. The molecule has 124 valence electrons. The van der Waals surface area contributed by atoms with E-state index < -0.39 is 11.6 Å². The fraction of sp³-hybridized carbons (Fsp3) is 0.235. The molecule has 0 saturated heterocycles. The molecule has 0 saturated carbocycles. The third kappa shape index (κ3) is 6.56. The average Bonchev–Trinajstić information content (AvgIpc) is 2.56. The maximum atomic E-state index is 11.0. The number of carbonyl (C=O) groups is 1. The molecular formula is C17H17ClI2O3. The van der Waals surface area contributed by atoms with E-state index in [0.717, 1.165) is 16.7 Å². The molecule has 0 aromatic heterocycles. The van der Waals surface area contributed by atoms with Gasteiger partial charge in [-0.25, -0.2) is 4.79 Å². The summed E-state index contributed by atoms with van der Waals surface area (Å²) in [6.45, 7) is 3.34. The first kappa shape index (κ1) is 20.7. The molecule has 23 heavy (non-hydrogen) atoms. The Balaban J connectivity index is 0.00000127. The quantitative estimate of drug-likeness (QED) is 0.448. The number of aliphatic carboxylic acids is 1. The summed E-state index contributed by atoms with van der Waals surface area (Å²) in [6, 6.07) is 15.4. The van der Waals surface area contributed by atoms with Crippen LogP contribution in [-0.4, -0.2) is 16.7 Å². The number of carboxylic acid groups (broad SMARTS) is 1. The number of hydrogen-bond acceptors (Lipinski definition) is 2. The minimum Gasteiger partial charge on any atom is -0.479 e. The summed E-state index contributed by atoms with van der Waals surface area (Å²) in [7, 11) is 0. The molecule has 0 unspecified atom stereocenters. The SMILES string of the molecule is CC(C)(OCc1ccc(-c2ccc(Cl)cc2)cc1)C(=O)O.II. The van der Waals surface area contributed by atoms with Crippen LogP contribution in [-0.2, 0) is 16.1 Å². The van der Waals surface area contributed by atoms with Gasteiger partial charge in [-0.15, -0.1) is 0 Å². The summed E-state index contributed by atoms with van der Waals surface area (Å²) < 4.78 is 5.42. The number of carboxylic acids is 1. The van der Waals surface area contributed by atoms with E-state index in [9.17, 15) is 4.79 Å². The van der Waals surface area contributed by atoms with Gasteiger partial charge in [-0.1, -0.05) is 48.0 Å². The van der Waals surface area contributed by atoms with Crippen molar-refractivity contribution in [1.29, 1.82) is 0 Å². The molecule has 6 heteroatoms. The second kappa shape index (κ2) is 9.80.